The largest absolute Gasteiger partial charge is 0.351 e. The van der Waals surface area contributed by atoms with E-state index in [1.165, 1.54) is 4.31 Å². The van der Waals surface area contributed by atoms with E-state index in [0.717, 1.165) is 5.75 Å². The number of hydrogen-bond acceptors (Lipinski definition) is 4. The maximum absolute atomic E-state index is 12.1. The first-order valence-corrected chi connectivity index (χ1v) is 10.7. The number of nitrogens with zero attached hydrogens (tertiary/aromatic N) is 1. The molecule has 0 saturated carbocycles. The van der Waals surface area contributed by atoms with Crippen molar-refractivity contribution in [2.24, 2.45) is 0 Å². The fourth-order valence-electron chi connectivity index (χ4n) is 2.10. The minimum Gasteiger partial charge on any atom is -0.351 e. The van der Waals surface area contributed by atoms with Gasteiger partial charge in [0.1, 0.15) is 0 Å². The summed E-state index contributed by atoms with van der Waals surface area (Å²) < 4.78 is 25.6. The SMILES string of the molecule is CCN(c1ccc(C(=O)NCCSC(C)(C)C)cc1)S(=O)(=O)CC. The Hall–Kier alpha value is -1.21. The Morgan fingerprint density at radius 2 is 1.75 bits per heavy atom. The Morgan fingerprint density at radius 3 is 2.21 bits per heavy atom. The van der Waals surface area contributed by atoms with Crippen molar-refractivity contribution in [1.82, 2.24) is 5.32 Å². The van der Waals surface area contributed by atoms with Crippen LogP contribution < -0.4 is 9.62 Å². The summed E-state index contributed by atoms with van der Waals surface area (Å²) in [7, 11) is -3.30. The van der Waals surface area contributed by atoms with Crippen molar-refractivity contribution in [2.45, 2.75) is 39.4 Å². The maximum Gasteiger partial charge on any atom is 0.251 e. The summed E-state index contributed by atoms with van der Waals surface area (Å²) in [6.45, 7) is 10.8. The van der Waals surface area contributed by atoms with Gasteiger partial charge in [-0.15, -0.1) is 0 Å². The molecule has 0 fully saturated rings. The van der Waals surface area contributed by atoms with E-state index in [9.17, 15) is 13.2 Å². The van der Waals surface area contributed by atoms with Gasteiger partial charge in [0.25, 0.3) is 5.91 Å². The minimum atomic E-state index is -3.30. The van der Waals surface area contributed by atoms with Gasteiger partial charge in [0.15, 0.2) is 0 Å². The van der Waals surface area contributed by atoms with E-state index < -0.39 is 10.0 Å². The maximum atomic E-state index is 12.1. The van der Waals surface area contributed by atoms with Gasteiger partial charge in [0.2, 0.25) is 10.0 Å². The highest BCUT2D eigenvalue weighted by atomic mass is 32.2. The standard InChI is InChI=1S/C17H28N2O3S2/c1-6-19(24(21,22)7-2)15-10-8-14(9-11-15)16(20)18-12-13-23-17(3,4)5/h8-11H,6-7,12-13H2,1-5H3,(H,18,20). The molecule has 1 aromatic carbocycles. The highest BCUT2D eigenvalue weighted by molar-refractivity contribution is 8.00. The molecule has 0 atom stereocenters. The average Bonchev–Trinajstić information content (AvgIpc) is 2.51. The van der Waals surface area contributed by atoms with Gasteiger partial charge >= 0.3 is 0 Å². The second-order valence-corrected chi connectivity index (χ2v) is 10.4. The molecule has 1 aromatic rings. The van der Waals surface area contributed by atoms with Gasteiger partial charge in [0.05, 0.1) is 11.4 Å². The van der Waals surface area contributed by atoms with Crippen LogP contribution in [0.15, 0.2) is 24.3 Å². The molecule has 0 aromatic heterocycles. The second kappa shape index (κ2) is 8.76. The predicted molar refractivity (Wildman–Crippen MR) is 103 cm³/mol. The van der Waals surface area contributed by atoms with Crippen LogP contribution in [0.3, 0.4) is 0 Å². The highest BCUT2D eigenvalue weighted by Crippen LogP contribution is 2.22. The van der Waals surface area contributed by atoms with Crippen molar-refractivity contribution >= 4 is 33.4 Å². The Labute approximate surface area is 150 Å². The number of anilines is 1. The first-order valence-electron chi connectivity index (χ1n) is 8.13. The zero-order chi connectivity index (χ0) is 18.4. The van der Waals surface area contributed by atoms with Gasteiger partial charge in [-0.3, -0.25) is 9.10 Å². The van der Waals surface area contributed by atoms with Crippen molar-refractivity contribution in [1.29, 1.82) is 0 Å². The summed E-state index contributed by atoms with van der Waals surface area (Å²) in [4.78, 5) is 12.1. The third-order valence-corrected chi connectivity index (χ3v) is 6.47. The lowest BCUT2D eigenvalue weighted by molar-refractivity contribution is 0.0956. The Bertz CT molecular complexity index is 635. The molecule has 0 aliphatic carbocycles. The van der Waals surface area contributed by atoms with Crippen LogP contribution in [-0.4, -0.2) is 43.7 Å². The Kier molecular flexibility index (Phi) is 7.60. The molecule has 0 saturated heterocycles. The summed E-state index contributed by atoms with van der Waals surface area (Å²) in [5.41, 5.74) is 1.11. The van der Waals surface area contributed by atoms with E-state index in [0.29, 0.717) is 24.3 Å². The highest BCUT2D eigenvalue weighted by Gasteiger charge is 2.19. The lowest BCUT2D eigenvalue weighted by atomic mass is 10.2. The first-order chi connectivity index (χ1) is 11.1. The van der Waals surface area contributed by atoms with Gasteiger partial charge in [0, 0.05) is 29.2 Å². The fraction of sp³-hybridized carbons (Fsp3) is 0.588. The van der Waals surface area contributed by atoms with Crippen LogP contribution >= 0.6 is 11.8 Å². The zero-order valence-corrected chi connectivity index (χ0v) is 16.8. The third-order valence-electron chi connectivity index (χ3n) is 3.33. The Morgan fingerprint density at radius 1 is 1.17 bits per heavy atom. The fourth-order valence-corrected chi connectivity index (χ4v) is 4.06. The van der Waals surface area contributed by atoms with Gasteiger partial charge < -0.3 is 5.32 Å². The molecular weight excluding hydrogens is 344 g/mol. The van der Waals surface area contributed by atoms with E-state index in [-0.39, 0.29) is 16.4 Å². The zero-order valence-electron chi connectivity index (χ0n) is 15.1. The average molecular weight is 373 g/mol. The number of benzene rings is 1. The lowest BCUT2D eigenvalue weighted by Crippen LogP contribution is -2.32. The van der Waals surface area contributed by atoms with Crippen molar-refractivity contribution in [2.75, 3.05) is 28.9 Å². The van der Waals surface area contributed by atoms with E-state index in [1.807, 2.05) is 0 Å². The molecule has 5 nitrogen and oxygen atoms in total. The van der Waals surface area contributed by atoms with Crippen molar-refractivity contribution < 1.29 is 13.2 Å². The van der Waals surface area contributed by atoms with Crippen LogP contribution in [0, 0.1) is 0 Å². The molecule has 136 valence electrons. The number of carbonyl (C=O) groups is 1. The topological polar surface area (TPSA) is 66.5 Å². The van der Waals surface area contributed by atoms with Gasteiger partial charge in [-0.2, -0.15) is 11.8 Å². The van der Waals surface area contributed by atoms with E-state index in [2.05, 4.69) is 26.1 Å². The summed E-state index contributed by atoms with van der Waals surface area (Å²) in [5, 5.41) is 2.88. The second-order valence-electron chi connectivity index (χ2n) is 6.33. The normalized spacial score (nSPS) is 12.0. The molecule has 7 heteroatoms. The first kappa shape index (κ1) is 20.8. The molecule has 1 amide bonds. The number of hydrogen-bond donors (Lipinski definition) is 1. The van der Waals surface area contributed by atoms with Crippen LogP contribution in [-0.2, 0) is 10.0 Å². The van der Waals surface area contributed by atoms with Crippen molar-refractivity contribution in [3.63, 3.8) is 0 Å². The van der Waals surface area contributed by atoms with E-state index >= 15 is 0 Å². The van der Waals surface area contributed by atoms with Crippen LogP contribution in [0.25, 0.3) is 0 Å². The van der Waals surface area contributed by atoms with Gasteiger partial charge in [-0.25, -0.2) is 8.42 Å². The van der Waals surface area contributed by atoms with Crippen LogP contribution in [0.4, 0.5) is 5.69 Å². The molecular formula is C17H28N2O3S2. The molecule has 0 unspecified atom stereocenters. The minimum absolute atomic E-state index is 0.0501. The molecule has 0 spiro atoms. The number of carbonyl (C=O) groups excluding carboxylic acids is 1. The summed E-state index contributed by atoms with van der Waals surface area (Å²) in [5.74, 6) is 0.762. The molecule has 1 N–H and O–H groups in total. The number of amides is 1. The molecule has 0 aliphatic rings. The number of thioether (sulfide) groups is 1. The molecule has 0 radical (unpaired) electrons. The smallest absolute Gasteiger partial charge is 0.251 e. The van der Waals surface area contributed by atoms with E-state index in [1.54, 1.807) is 49.9 Å². The van der Waals surface area contributed by atoms with Crippen molar-refractivity contribution in [3.8, 4) is 0 Å². The number of nitrogens with one attached hydrogen (secondary N) is 1. The molecule has 1 rings (SSSR count). The number of rotatable bonds is 8. The van der Waals surface area contributed by atoms with Gasteiger partial charge in [-0.1, -0.05) is 20.8 Å². The van der Waals surface area contributed by atoms with Crippen molar-refractivity contribution in [3.05, 3.63) is 29.8 Å². The van der Waals surface area contributed by atoms with Crippen LogP contribution in [0.1, 0.15) is 45.0 Å². The molecule has 24 heavy (non-hydrogen) atoms. The van der Waals surface area contributed by atoms with Crippen LogP contribution in [0.5, 0.6) is 0 Å². The summed E-state index contributed by atoms with van der Waals surface area (Å²) >= 11 is 1.80. The Balaban J connectivity index is 2.68. The summed E-state index contributed by atoms with van der Waals surface area (Å²) in [6, 6.07) is 6.68. The monoisotopic (exact) mass is 372 g/mol. The molecule has 0 heterocycles. The molecule has 0 aliphatic heterocycles. The quantitative estimate of drug-likeness (QED) is 0.712. The van der Waals surface area contributed by atoms with E-state index in [4.69, 9.17) is 0 Å². The lowest BCUT2D eigenvalue weighted by Gasteiger charge is -2.22. The predicted octanol–water partition coefficient (Wildman–Crippen LogP) is 3.12. The molecule has 0 bridgehead atoms. The number of sulfonamides is 1. The summed E-state index contributed by atoms with van der Waals surface area (Å²) in [6.07, 6.45) is 0. The van der Waals surface area contributed by atoms with Gasteiger partial charge in [-0.05, 0) is 38.1 Å². The van der Waals surface area contributed by atoms with Crippen LogP contribution in [0.2, 0.25) is 0 Å². The third kappa shape index (κ3) is 6.36.